The number of benzene rings is 1. The zero-order chi connectivity index (χ0) is 25.0. The molecule has 3 heterocycles. The number of thioether (sulfide) groups is 1. The van der Waals surface area contributed by atoms with Crippen LogP contribution in [0.25, 0.3) is 11.0 Å². The van der Waals surface area contributed by atoms with Crippen LogP contribution in [0.3, 0.4) is 0 Å². The number of nitrogens with zero attached hydrogens (tertiary/aromatic N) is 4. The maximum absolute atomic E-state index is 13.1. The SMILES string of the molecule is CCN(CC)S(=O)(=O)c1ccc2c(c1)nc(SCc1nccc(OC)c1OC)n2C[C@@H]1CCCO1. The molecule has 35 heavy (non-hydrogen) atoms. The van der Waals surface area contributed by atoms with Crippen LogP contribution in [0.2, 0.25) is 0 Å². The van der Waals surface area contributed by atoms with E-state index in [9.17, 15) is 8.42 Å². The number of sulfonamides is 1. The molecule has 0 spiro atoms. The van der Waals surface area contributed by atoms with Gasteiger partial charge >= 0.3 is 0 Å². The first-order chi connectivity index (χ1) is 16.9. The number of rotatable bonds is 11. The summed E-state index contributed by atoms with van der Waals surface area (Å²) in [7, 11) is -0.386. The van der Waals surface area contributed by atoms with E-state index in [2.05, 4.69) is 9.55 Å². The van der Waals surface area contributed by atoms with Gasteiger partial charge < -0.3 is 18.8 Å². The van der Waals surface area contributed by atoms with E-state index in [1.807, 2.05) is 19.9 Å². The number of hydrogen-bond acceptors (Lipinski definition) is 8. The highest BCUT2D eigenvalue weighted by atomic mass is 32.2. The van der Waals surface area contributed by atoms with E-state index in [1.165, 1.54) is 16.1 Å². The Balaban J connectivity index is 1.71. The first-order valence-corrected chi connectivity index (χ1v) is 14.2. The molecule has 9 nitrogen and oxygen atoms in total. The summed E-state index contributed by atoms with van der Waals surface area (Å²) in [5, 5.41) is 0.777. The standard InChI is InChI=1S/C24H32N4O5S2/c1-5-27(6-2)35(29,30)18-9-10-21-19(14-18)26-24(28(21)15-17-8-7-13-33-17)34-16-20-23(32-4)22(31-3)11-12-25-20/h9-12,14,17H,5-8,13,15-16H2,1-4H3/t17-/m0/s1. The van der Waals surface area contributed by atoms with Gasteiger partial charge in [-0.3, -0.25) is 4.98 Å². The van der Waals surface area contributed by atoms with Crippen molar-refractivity contribution in [1.29, 1.82) is 0 Å². The van der Waals surface area contributed by atoms with Gasteiger partial charge in [0.2, 0.25) is 10.0 Å². The first-order valence-electron chi connectivity index (χ1n) is 11.7. The lowest BCUT2D eigenvalue weighted by Gasteiger charge is -2.18. The van der Waals surface area contributed by atoms with E-state index in [-0.39, 0.29) is 11.0 Å². The molecule has 0 saturated carbocycles. The molecular formula is C24H32N4O5S2. The second-order valence-corrected chi connectivity index (χ2v) is 11.0. The lowest BCUT2D eigenvalue weighted by molar-refractivity contribution is 0.0960. The number of fused-ring (bicyclic) bond motifs is 1. The molecule has 3 aromatic rings. The Bertz CT molecular complexity index is 1270. The van der Waals surface area contributed by atoms with Gasteiger partial charge in [-0.1, -0.05) is 25.6 Å². The fraction of sp³-hybridized carbons (Fsp3) is 0.500. The maximum atomic E-state index is 13.1. The summed E-state index contributed by atoms with van der Waals surface area (Å²) in [6.45, 7) is 5.93. The fourth-order valence-corrected chi connectivity index (χ4v) is 6.77. The van der Waals surface area contributed by atoms with Crippen LogP contribution in [0.1, 0.15) is 32.4 Å². The number of pyridine rings is 1. The van der Waals surface area contributed by atoms with Gasteiger partial charge in [0.25, 0.3) is 0 Å². The monoisotopic (exact) mass is 520 g/mol. The van der Waals surface area contributed by atoms with Gasteiger partial charge in [0.15, 0.2) is 16.7 Å². The van der Waals surface area contributed by atoms with E-state index in [4.69, 9.17) is 19.2 Å². The van der Waals surface area contributed by atoms with Crippen LogP contribution in [0.4, 0.5) is 0 Å². The Morgan fingerprint density at radius 2 is 2.00 bits per heavy atom. The molecule has 4 rings (SSSR count). The lowest BCUT2D eigenvalue weighted by Crippen LogP contribution is -2.30. The van der Waals surface area contributed by atoms with Crippen LogP contribution in [-0.2, 0) is 27.1 Å². The summed E-state index contributed by atoms with van der Waals surface area (Å²) >= 11 is 1.53. The molecule has 0 N–H and O–H groups in total. The van der Waals surface area contributed by atoms with Crippen LogP contribution in [0.15, 0.2) is 40.5 Å². The third kappa shape index (κ3) is 5.28. The Kier molecular flexibility index (Phi) is 8.20. The molecule has 0 bridgehead atoms. The molecule has 1 atom stereocenters. The topological polar surface area (TPSA) is 95.8 Å². The van der Waals surface area contributed by atoms with Gasteiger partial charge in [-0.15, -0.1) is 0 Å². The third-order valence-corrected chi connectivity index (χ3v) is 9.18. The van der Waals surface area contributed by atoms with Gasteiger partial charge in [-0.2, -0.15) is 4.31 Å². The Hall–Kier alpha value is -2.34. The van der Waals surface area contributed by atoms with Gasteiger partial charge in [-0.05, 0) is 31.0 Å². The largest absolute Gasteiger partial charge is 0.493 e. The van der Waals surface area contributed by atoms with Crippen molar-refractivity contribution in [2.24, 2.45) is 0 Å². The van der Waals surface area contributed by atoms with Crippen LogP contribution in [0.5, 0.6) is 11.5 Å². The van der Waals surface area contributed by atoms with E-state index in [0.29, 0.717) is 42.4 Å². The van der Waals surface area contributed by atoms with Crippen molar-refractivity contribution in [3.63, 3.8) is 0 Å². The molecule has 0 radical (unpaired) electrons. The number of methoxy groups -OCH3 is 2. The van der Waals surface area contributed by atoms with Gasteiger partial charge in [0, 0.05) is 37.7 Å². The molecule has 1 saturated heterocycles. The predicted octanol–water partition coefficient (Wildman–Crippen LogP) is 3.95. The van der Waals surface area contributed by atoms with Gasteiger partial charge in [0.05, 0.1) is 48.5 Å². The van der Waals surface area contributed by atoms with Crippen molar-refractivity contribution in [2.45, 2.75) is 55.1 Å². The molecule has 1 aliphatic heterocycles. The van der Waals surface area contributed by atoms with Crippen LogP contribution in [-0.4, -0.2) is 67.3 Å². The van der Waals surface area contributed by atoms with Crippen LogP contribution in [0, 0.1) is 0 Å². The van der Waals surface area contributed by atoms with Crippen molar-refractivity contribution in [2.75, 3.05) is 33.9 Å². The predicted molar refractivity (Wildman–Crippen MR) is 136 cm³/mol. The van der Waals surface area contributed by atoms with E-state index >= 15 is 0 Å². The average Bonchev–Trinajstić information content (AvgIpc) is 3.50. The highest BCUT2D eigenvalue weighted by molar-refractivity contribution is 7.98. The summed E-state index contributed by atoms with van der Waals surface area (Å²) in [6.07, 6.45) is 3.83. The fourth-order valence-electron chi connectivity index (χ4n) is 4.33. The van der Waals surface area contributed by atoms with Crippen molar-refractivity contribution in [3.05, 3.63) is 36.2 Å². The number of imidazole rings is 1. The molecule has 0 aliphatic carbocycles. The van der Waals surface area contributed by atoms with Gasteiger partial charge in [-0.25, -0.2) is 13.4 Å². The molecular weight excluding hydrogens is 488 g/mol. The summed E-state index contributed by atoms with van der Waals surface area (Å²) in [6, 6.07) is 6.95. The van der Waals surface area contributed by atoms with Crippen LogP contribution >= 0.6 is 11.8 Å². The second-order valence-electron chi connectivity index (χ2n) is 8.16. The number of hydrogen-bond donors (Lipinski definition) is 0. The van der Waals surface area contributed by atoms with Crippen molar-refractivity contribution in [3.8, 4) is 11.5 Å². The Morgan fingerprint density at radius 3 is 2.66 bits per heavy atom. The summed E-state index contributed by atoms with van der Waals surface area (Å²) in [5.74, 6) is 1.73. The summed E-state index contributed by atoms with van der Waals surface area (Å²) in [5.41, 5.74) is 2.27. The highest BCUT2D eigenvalue weighted by Gasteiger charge is 2.25. The molecule has 190 valence electrons. The number of aromatic nitrogens is 3. The summed E-state index contributed by atoms with van der Waals surface area (Å²) in [4.78, 5) is 9.57. The van der Waals surface area contributed by atoms with Crippen molar-refractivity contribution < 1.29 is 22.6 Å². The minimum atomic E-state index is -3.58. The van der Waals surface area contributed by atoms with Gasteiger partial charge in [0.1, 0.15) is 0 Å². The first kappa shape index (κ1) is 25.7. The highest BCUT2D eigenvalue weighted by Crippen LogP contribution is 2.35. The number of ether oxygens (including phenoxy) is 3. The molecule has 2 aromatic heterocycles. The minimum absolute atomic E-state index is 0.107. The lowest BCUT2D eigenvalue weighted by atomic mass is 10.2. The molecule has 11 heteroatoms. The smallest absolute Gasteiger partial charge is 0.243 e. The molecule has 1 aromatic carbocycles. The summed E-state index contributed by atoms with van der Waals surface area (Å²) < 4.78 is 46.6. The molecule has 0 amide bonds. The van der Waals surface area contributed by atoms with Crippen molar-refractivity contribution >= 4 is 32.8 Å². The van der Waals surface area contributed by atoms with Crippen molar-refractivity contribution in [1.82, 2.24) is 18.8 Å². The maximum Gasteiger partial charge on any atom is 0.243 e. The molecule has 1 fully saturated rings. The van der Waals surface area contributed by atoms with Crippen LogP contribution < -0.4 is 9.47 Å². The van der Waals surface area contributed by atoms with E-state index in [1.54, 1.807) is 38.6 Å². The third-order valence-electron chi connectivity index (χ3n) is 6.14. The zero-order valence-corrected chi connectivity index (χ0v) is 22.2. The second kappa shape index (κ2) is 11.2. The molecule has 0 unspecified atom stereocenters. The van der Waals surface area contributed by atoms with E-state index in [0.717, 1.165) is 35.8 Å². The average molecular weight is 521 g/mol. The van der Waals surface area contributed by atoms with E-state index < -0.39 is 10.0 Å². The zero-order valence-electron chi connectivity index (χ0n) is 20.6. The Labute approximate surface area is 210 Å². The molecule has 1 aliphatic rings. The normalized spacial score (nSPS) is 16.3. The quantitative estimate of drug-likeness (QED) is 0.351. The minimum Gasteiger partial charge on any atom is -0.493 e. The Morgan fingerprint density at radius 1 is 1.20 bits per heavy atom.